The molecule has 3 heterocycles. The molecule has 0 radical (unpaired) electrons. The SMILES string of the molecule is CC(C)(C)C1CN(c2ccc(C(=O)Nc3nc(-c4ccccc4Cl)cs3)nc2)CCN1C(=O)O. The van der Waals surface area contributed by atoms with Crippen LogP contribution in [-0.2, 0) is 0 Å². The largest absolute Gasteiger partial charge is 0.465 e. The molecule has 1 unspecified atom stereocenters. The molecule has 0 spiro atoms. The molecule has 178 valence electrons. The summed E-state index contributed by atoms with van der Waals surface area (Å²) in [4.78, 5) is 36.8. The van der Waals surface area contributed by atoms with Crippen LogP contribution in [0.1, 0.15) is 31.3 Å². The number of nitrogens with zero attached hydrogens (tertiary/aromatic N) is 4. The van der Waals surface area contributed by atoms with Gasteiger partial charge in [-0.1, -0.05) is 50.6 Å². The van der Waals surface area contributed by atoms with Gasteiger partial charge in [0.15, 0.2) is 5.13 Å². The zero-order valence-corrected chi connectivity index (χ0v) is 20.7. The first-order chi connectivity index (χ1) is 16.1. The Labute approximate surface area is 207 Å². The van der Waals surface area contributed by atoms with E-state index in [0.717, 1.165) is 11.3 Å². The van der Waals surface area contributed by atoms with E-state index in [9.17, 15) is 14.7 Å². The Morgan fingerprint density at radius 2 is 1.94 bits per heavy atom. The summed E-state index contributed by atoms with van der Waals surface area (Å²) in [6, 6.07) is 10.8. The van der Waals surface area contributed by atoms with Crippen molar-refractivity contribution in [2.24, 2.45) is 5.41 Å². The Morgan fingerprint density at radius 3 is 2.59 bits per heavy atom. The van der Waals surface area contributed by atoms with E-state index >= 15 is 0 Å². The summed E-state index contributed by atoms with van der Waals surface area (Å²) >= 11 is 7.55. The second kappa shape index (κ2) is 9.60. The van der Waals surface area contributed by atoms with Crippen LogP contribution in [0, 0.1) is 5.41 Å². The third-order valence-electron chi connectivity index (χ3n) is 5.85. The number of rotatable bonds is 4. The molecule has 4 rings (SSSR count). The number of nitrogens with one attached hydrogen (secondary N) is 1. The molecule has 0 bridgehead atoms. The van der Waals surface area contributed by atoms with Gasteiger partial charge in [-0.05, 0) is 23.6 Å². The second-order valence-electron chi connectivity index (χ2n) is 9.18. The molecule has 1 aliphatic heterocycles. The van der Waals surface area contributed by atoms with E-state index in [-0.39, 0.29) is 23.1 Å². The van der Waals surface area contributed by atoms with Gasteiger partial charge in [0.2, 0.25) is 0 Å². The lowest BCUT2D eigenvalue weighted by Crippen LogP contribution is -2.59. The van der Waals surface area contributed by atoms with Crippen molar-refractivity contribution in [2.75, 3.05) is 29.9 Å². The Hall–Kier alpha value is -3.17. The lowest BCUT2D eigenvalue weighted by atomic mass is 9.84. The average molecular weight is 500 g/mol. The minimum Gasteiger partial charge on any atom is -0.465 e. The van der Waals surface area contributed by atoms with Crippen molar-refractivity contribution in [2.45, 2.75) is 26.8 Å². The zero-order chi connectivity index (χ0) is 24.5. The van der Waals surface area contributed by atoms with Crippen molar-refractivity contribution in [1.82, 2.24) is 14.9 Å². The number of halogens is 1. The van der Waals surface area contributed by atoms with Gasteiger partial charge in [-0.15, -0.1) is 11.3 Å². The predicted octanol–water partition coefficient (Wildman–Crippen LogP) is 5.33. The van der Waals surface area contributed by atoms with Crippen LogP contribution in [0.4, 0.5) is 15.6 Å². The first-order valence-corrected chi connectivity index (χ1v) is 12.1. The topological polar surface area (TPSA) is 98.7 Å². The van der Waals surface area contributed by atoms with E-state index in [1.165, 1.54) is 16.2 Å². The molecule has 3 aromatic rings. The second-order valence-corrected chi connectivity index (χ2v) is 10.4. The maximum atomic E-state index is 12.7. The summed E-state index contributed by atoms with van der Waals surface area (Å²) in [5, 5.41) is 15.3. The maximum absolute atomic E-state index is 12.7. The molecule has 1 aliphatic rings. The minimum absolute atomic E-state index is 0.154. The highest BCUT2D eigenvalue weighted by Crippen LogP contribution is 2.31. The highest BCUT2D eigenvalue weighted by Gasteiger charge is 2.38. The van der Waals surface area contributed by atoms with Gasteiger partial charge in [0.05, 0.1) is 23.6 Å². The number of thiazole rings is 1. The van der Waals surface area contributed by atoms with Crippen LogP contribution in [0.15, 0.2) is 48.0 Å². The smallest absolute Gasteiger partial charge is 0.407 e. The van der Waals surface area contributed by atoms with Gasteiger partial charge in [-0.25, -0.2) is 14.8 Å². The highest BCUT2D eigenvalue weighted by molar-refractivity contribution is 7.14. The molecular formula is C24H26ClN5O3S. The van der Waals surface area contributed by atoms with Crippen LogP contribution in [-0.4, -0.2) is 57.7 Å². The Kier molecular flexibility index (Phi) is 6.77. The van der Waals surface area contributed by atoms with E-state index in [0.29, 0.717) is 35.5 Å². The summed E-state index contributed by atoms with van der Waals surface area (Å²) < 4.78 is 0. The summed E-state index contributed by atoms with van der Waals surface area (Å²) in [6.45, 7) is 7.66. The molecule has 2 aromatic heterocycles. The van der Waals surface area contributed by atoms with Crippen molar-refractivity contribution >= 4 is 45.8 Å². The lowest BCUT2D eigenvalue weighted by molar-refractivity contribution is 0.0748. The van der Waals surface area contributed by atoms with Crippen LogP contribution in [0.25, 0.3) is 11.3 Å². The van der Waals surface area contributed by atoms with Crippen molar-refractivity contribution in [3.63, 3.8) is 0 Å². The van der Waals surface area contributed by atoms with Crippen molar-refractivity contribution in [3.8, 4) is 11.3 Å². The molecule has 0 saturated carbocycles. The van der Waals surface area contributed by atoms with E-state index in [2.05, 4.69) is 20.2 Å². The van der Waals surface area contributed by atoms with Crippen LogP contribution < -0.4 is 10.2 Å². The van der Waals surface area contributed by atoms with Gasteiger partial charge >= 0.3 is 6.09 Å². The molecule has 34 heavy (non-hydrogen) atoms. The number of aromatic nitrogens is 2. The highest BCUT2D eigenvalue weighted by atomic mass is 35.5. The number of hydrogen-bond acceptors (Lipinski definition) is 6. The van der Waals surface area contributed by atoms with E-state index in [4.69, 9.17) is 11.6 Å². The fourth-order valence-corrected chi connectivity index (χ4v) is 4.92. The van der Waals surface area contributed by atoms with E-state index < -0.39 is 6.09 Å². The zero-order valence-electron chi connectivity index (χ0n) is 19.2. The van der Waals surface area contributed by atoms with Crippen LogP contribution in [0.5, 0.6) is 0 Å². The summed E-state index contributed by atoms with van der Waals surface area (Å²) in [7, 11) is 0. The molecule has 10 heteroatoms. The van der Waals surface area contributed by atoms with Gasteiger partial charge in [0, 0.05) is 35.6 Å². The fraction of sp³-hybridized carbons (Fsp3) is 0.333. The van der Waals surface area contributed by atoms with Crippen molar-refractivity contribution in [3.05, 3.63) is 58.7 Å². The van der Waals surface area contributed by atoms with Gasteiger partial charge in [-0.3, -0.25) is 10.1 Å². The quantitative estimate of drug-likeness (QED) is 0.503. The molecule has 1 aromatic carbocycles. The van der Waals surface area contributed by atoms with Gasteiger partial charge in [0.25, 0.3) is 5.91 Å². The number of benzene rings is 1. The number of anilines is 2. The minimum atomic E-state index is -0.899. The number of piperazine rings is 1. The fourth-order valence-electron chi connectivity index (χ4n) is 3.98. The Morgan fingerprint density at radius 1 is 1.18 bits per heavy atom. The number of carbonyl (C=O) groups is 2. The maximum Gasteiger partial charge on any atom is 0.407 e. The molecule has 0 aliphatic carbocycles. The normalized spacial score (nSPS) is 16.4. The molecule has 2 N–H and O–H groups in total. The van der Waals surface area contributed by atoms with Gasteiger partial charge in [0.1, 0.15) is 5.69 Å². The van der Waals surface area contributed by atoms with Gasteiger partial charge in [-0.2, -0.15) is 0 Å². The molecule has 1 atom stereocenters. The molecular weight excluding hydrogens is 474 g/mol. The standard InChI is InChI=1S/C24H26ClN5O3S/c1-24(2,3)20-13-29(10-11-30(20)23(32)33)15-8-9-18(26-12-15)21(31)28-22-27-19(14-34-22)16-6-4-5-7-17(16)25/h4-9,12,14,20H,10-11,13H2,1-3H3,(H,32,33)(H,27,28,31). The van der Waals surface area contributed by atoms with E-state index in [1.807, 2.05) is 50.4 Å². The van der Waals surface area contributed by atoms with Crippen LogP contribution in [0.3, 0.4) is 0 Å². The third kappa shape index (κ3) is 5.15. The van der Waals surface area contributed by atoms with E-state index in [1.54, 1.807) is 18.3 Å². The number of amides is 2. The number of carbonyl (C=O) groups excluding carboxylic acids is 1. The predicted molar refractivity (Wildman–Crippen MR) is 135 cm³/mol. The van der Waals surface area contributed by atoms with Crippen molar-refractivity contribution < 1.29 is 14.7 Å². The molecule has 8 nitrogen and oxygen atoms in total. The third-order valence-corrected chi connectivity index (χ3v) is 6.93. The van der Waals surface area contributed by atoms with Crippen molar-refractivity contribution in [1.29, 1.82) is 0 Å². The molecule has 2 amide bonds. The summed E-state index contributed by atoms with van der Waals surface area (Å²) in [5.41, 5.74) is 2.42. The lowest BCUT2D eigenvalue weighted by Gasteiger charge is -2.46. The Balaban J connectivity index is 1.43. The molecule has 1 saturated heterocycles. The first-order valence-electron chi connectivity index (χ1n) is 10.9. The van der Waals surface area contributed by atoms with Gasteiger partial charge < -0.3 is 14.9 Å². The number of pyridine rings is 1. The van der Waals surface area contributed by atoms with Crippen LogP contribution in [0.2, 0.25) is 5.02 Å². The monoisotopic (exact) mass is 499 g/mol. The summed E-state index contributed by atoms with van der Waals surface area (Å²) in [6.07, 6.45) is 0.756. The Bertz CT molecular complexity index is 1190. The average Bonchev–Trinajstić information content (AvgIpc) is 3.26. The van der Waals surface area contributed by atoms with Crippen LogP contribution >= 0.6 is 22.9 Å². The number of hydrogen-bond donors (Lipinski definition) is 2. The molecule has 1 fully saturated rings. The number of carboxylic acid groups (broad SMARTS) is 1. The first kappa shape index (κ1) is 24.0. The summed E-state index contributed by atoms with van der Waals surface area (Å²) in [5.74, 6) is -0.352.